The average molecular weight is 383 g/mol. The second kappa shape index (κ2) is 6.83. The molecule has 0 heterocycles. The topological polar surface area (TPSA) is 69.7 Å². The molecule has 0 N–H and O–H groups in total. The van der Waals surface area contributed by atoms with Gasteiger partial charge in [0, 0.05) is 16.0 Å². The number of rotatable bonds is 4. The fraction of sp³-hybridized carbons (Fsp3) is 0.471. The fourth-order valence-electron chi connectivity index (χ4n) is 3.37. The molecule has 1 aromatic carbocycles. The minimum absolute atomic E-state index is 0.0837. The Hall–Kier alpha value is -1.69. The molecule has 1 aromatic rings. The number of ketones is 1. The van der Waals surface area contributed by atoms with Crippen molar-refractivity contribution in [2.45, 2.75) is 19.8 Å². The molecule has 0 bridgehead atoms. The van der Waals surface area contributed by atoms with Gasteiger partial charge >= 0.3 is 11.9 Å². The molecule has 0 unspecified atom stereocenters. The number of carbonyl (C=O) groups is 3. The lowest BCUT2D eigenvalue weighted by molar-refractivity contribution is -0.169. The van der Waals surface area contributed by atoms with E-state index >= 15 is 0 Å². The van der Waals surface area contributed by atoms with Crippen LogP contribution in [0.15, 0.2) is 28.7 Å². The minimum Gasteiger partial charge on any atom is -0.468 e. The lowest BCUT2D eigenvalue weighted by Crippen LogP contribution is -2.39. The molecule has 124 valence electrons. The Morgan fingerprint density at radius 1 is 1.09 bits per heavy atom. The number of Topliss-reactive ketones (excluding diaryl/α,β-unsaturated/α-hetero) is 1. The molecule has 0 amide bonds. The molecule has 1 aliphatic carbocycles. The number of carbonyl (C=O) groups excluding carboxylic acids is 3. The normalized spacial score (nSPS) is 22.4. The van der Waals surface area contributed by atoms with E-state index in [2.05, 4.69) is 15.9 Å². The Labute approximate surface area is 143 Å². The average Bonchev–Trinajstić information content (AvgIpc) is 2.91. The van der Waals surface area contributed by atoms with Gasteiger partial charge in [-0.25, -0.2) is 0 Å². The van der Waals surface area contributed by atoms with Crippen LogP contribution in [0.2, 0.25) is 0 Å². The SMILES string of the molecule is COC(=O)C1(C(=O)OC)C[C@@H](C)[C@H](C(=O)c2ccccc2Br)C1. The van der Waals surface area contributed by atoms with Gasteiger partial charge in [0.2, 0.25) is 0 Å². The Kier molecular flexibility index (Phi) is 5.24. The van der Waals surface area contributed by atoms with Crippen LogP contribution in [0.3, 0.4) is 0 Å². The summed E-state index contributed by atoms with van der Waals surface area (Å²) in [5, 5.41) is 0. The van der Waals surface area contributed by atoms with E-state index in [1.807, 2.05) is 13.0 Å². The quantitative estimate of drug-likeness (QED) is 0.454. The van der Waals surface area contributed by atoms with Crippen LogP contribution in [-0.4, -0.2) is 31.9 Å². The van der Waals surface area contributed by atoms with E-state index in [0.717, 1.165) is 0 Å². The second-order valence-corrected chi connectivity index (χ2v) is 6.76. The van der Waals surface area contributed by atoms with Crippen molar-refractivity contribution in [1.29, 1.82) is 0 Å². The predicted octanol–water partition coefficient (Wildman–Crippen LogP) is 3.01. The molecule has 23 heavy (non-hydrogen) atoms. The van der Waals surface area contributed by atoms with Gasteiger partial charge in [0.1, 0.15) is 0 Å². The molecule has 2 rings (SSSR count). The van der Waals surface area contributed by atoms with Crippen molar-refractivity contribution < 1.29 is 23.9 Å². The third-order valence-electron chi connectivity index (χ3n) is 4.55. The molecule has 2 atom stereocenters. The minimum atomic E-state index is -1.40. The van der Waals surface area contributed by atoms with Crippen molar-refractivity contribution in [3.05, 3.63) is 34.3 Å². The van der Waals surface area contributed by atoms with Gasteiger partial charge in [-0.2, -0.15) is 0 Å². The maximum absolute atomic E-state index is 12.9. The molecule has 0 radical (unpaired) electrons. The van der Waals surface area contributed by atoms with E-state index in [1.165, 1.54) is 14.2 Å². The van der Waals surface area contributed by atoms with E-state index in [-0.39, 0.29) is 24.5 Å². The van der Waals surface area contributed by atoms with Gasteiger partial charge in [0.05, 0.1) is 14.2 Å². The first kappa shape index (κ1) is 17.7. The molecule has 5 nitrogen and oxygen atoms in total. The summed E-state index contributed by atoms with van der Waals surface area (Å²) in [6, 6.07) is 7.13. The molecular formula is C17H19BrO5. The van der Waals surface area contributed by atoms with E-state index in [0.29, 0.717) is 10.0 Å². The summed E-state index contributed by atoms with van der Waals surface area (Å²) >= 11 is 3.37. The first-order valence-corrected chi connectivity index (χ1v) is 8.12. The summed E-state index contributed by atoms with van der Waals surface area (Å²) in [5.74, 6) is -1.93. The zero-order chi connectivity index (χ0) is 17.2. The van der Waals surface area contributed by atoms with Crippen molar-refractivity contribution in [3.63, 3.8) is 0 Å². The van der Waals surface area contributed by atoms with Crippen molar-refractivity contribution in [2.75, 3.05) is 14.2 Å². The summed E-state index contributed by atoms with van der Waals surface area (Å²) in [5.41, 5.74) is -0.847. The molecule has 0 spiro atoms. The highest BCUT2D eigenvalue weighted by Crippen LogP contribution is 2.48. The number of esters is 2. The highest BCUT2D eigenvalue weighted by Gasteiger charge is 2.57. The lowest BCUT2D eigenvalue weighted by Gasteiger charge is -2.23. The zero-order valence-electron chi connectivity index (χ0n) is 13.3. The number of benzene rings is 1. The smallest absolute Gasteiger partial charge is 0.323 e. The van der Waals surface area contributed by atoms with Crippen molar-refractivity contribution in [1.82, 2.24) is 0 Å². The summed E-state index contributed by atoms with van der Waals surface area (Å²) in [4.78, 5) is 37.3. The standard InChI is InChI=1S/C17H19BrO5/c1-10-8-17(15(20)22-2,16(21)23-3)9-12(10)14(19)11-6-4-5-7-13(11)18/h4-7,10,12H,8-9H2,1-3H3/t10-,12-/m1/s1. The maximum atomic E-state index is 12.9. The molecule has 1 aliphatic rings. The van der Waals surface area contributed by atoms with Gasteiger partial charge in [-0.05, 0) is 24.8 Å². The summed E-state index contributed by atoms with van der Waals surface area (Å²) in [6.07, 6.45) is 0.348. The first-order chi connectivity index (χ1) is 10.9. The fourth-order valence-corrected chi connectivity index (χ4v) is 3.85. The third kappa shape index (κ3) is 3.04. The van der Waals surface area contributed by atoms with E-state index in [9.17, 15) is 14.4 Å². The summed E-state index contributed by atoms with van der Waals surface area (Å²) in [7, 11) is 2.47. The van der Waals surface area contributed by atoms with Gasteiger partial charge < -0.3 is 9.47 Å². The Balaban J connectivity index is 2.36. The maximum Gasteiger partial charge on any atom is 0.323 e. The Morgan fingerprint density at radius 2 is 1.65 bits per heavy atom. The van der Waals surface area contributed by atoms with Crippen LogP contribution in [0.1, 0.15) is 30.1 Å². The van der Waals surface area contributed by atoms with Crippen molar-refractivity contribution in [3.8, 4) is 0 Å². The summed E-state index contributed by atoms with van der Waals surface area (Å²) < 4.78 is 10.3. The predicted molar refractivity (Wildman–Crippen MR) is 86.8 cm³/mol. The molecule has 6 heteroatoms. The number of methoxy groups -OCH3 is 2. The van der Waals surface area contributed by atoms with Crippen LogP contribution in [0.25, 0.3) is 0 Å². The van der Waals surface area contributed by atoms with Crippen LogP contribution in [0.4, 0.5) is 0 Å². The van der Waals surface area contributed by atoms with Crippen molar-refractivity contribution in [2.24, 2.45) is 17.3 Å². The van der Waals surface area contributed by atoms with E-state index < -0.39 is 23.3 Å². The number of hydrogen-bond donors (Lipinski definition) is 0. The van der Waals surface area contributed by atoms with Crippen LogP contribution in [0, 0.1) is 17.3 Å². The van der Waals surface area contributed by atoms with E-state index in [4.69, 9.17) is 9.47 Å². The van der Waals surface area contributed by atoms with E-state index in [1.54, 1.807) is 18.2 Å². The second-order valence-electron chi connectivity index (χ2n) is 5.90. The van der Waals surface area contributed by atoms with Gasteiger partial charge in [-0.1, -0.05) is 41.1 Å². The first-order valence-electron chi connectivity index (χ1n) is 7.33. The monoisotopic (exact) mass is 382 g/mol. The number of hydrogen-bond acceptors (Lipinski definition) is 5. The molecular weight excluding hydrogens is 364 g/mol. The van der Waals surface area contributed by atoms with Crippen LogP contribution in [0.5, 0.6) is 0 Å². The summed E-state index contributed by atoms with van der Waals surface area (Å²) in [6.45, 7) is 1.87. The highest BCUT2D eigenvalue weighted by molar-refractivity contribution is 9.10. The van der Waals surface area contributed by atoms with Gasteiger partial charge in [0.15, 0.2) is 11.2 Å². The van der Waals surface area contributed by atoms with Crippen LogP contribution in [-0.2, 0) is 19.1 Å². The van der Waals surface area contributed by atoms with Crippen LogP contribution < -0.4 is 0 Å². The molecule has 0 aliphatic heterocycles. The molecule has 1 saturated carbocycles. The van der Waals surface area contributed by atoms with Gasteiger partial charge in [-0.3, -0.25) is 14.4 Å². The Bertz CT molecular complexity index is 624. The molecule has 0 aromatic heterocycles. The van der Waals surface area contributed by atoms with Gasteiger partial charge in [-0.15, -0.1) is 0 Å². The Morgan fingerprint density at radius 3 is 2.17 bits per heavy atom. The largest absolute Gasteiger partial charge is 0.468 e. The van der Waals surface area contributed by atoms with Crippen molar-refractivity contribution >= 4 is 33.7 Å². The molecule has 1 fully saturated rings. The lowest BCUT2D eigenvalue weighted by atomic mass is 9.84. The highest BCUT2D eigenvalue weighted by atomic mass is 79.9. The third-order valence-corrected chi connectivity index (χ3v) is 5.25. The zero-order valence-corrected chi connectivity index (χ0v) is 14.9. The van der Waals surface area contributed by atoms with Gasteiger partial charge in [0.25, 0.3) is 0 Å². The number of ether oxygens (including phenoxy) is 2. The van der Waals surface area contributed by atoms with Crippen LogP contribution >= 0.6 is 15.9 Å². The number of halogens is 1. The molecule has 0 saturated heterocycles.